The Morgan fingerprint density at radius 3 is 2.16 bits per heavy atom. The molecule has 2 nitrogen and oxygen atoms in total. The average molecular weight is 507 g/mol. The van der Waals surface area contributed by atoms with E-state index in [0.29, 0.717) is 17.0 Å². The van der Waals surface area contributed by atoms with Crippen molar-refractivity contribution in [1.82, 2.24) is 5.32 Å². The largest absolute Gasteiger partial charge is 0.329 e. The monoisotopic (exact) mass is 505 g/mol. The van der Waals surface area contributed by atoms with Gasteiger partial charge in [-0.15, -0.1) is 10.3 Å². The molecule has 1 saturated carbocycles. The Bertz CT molecular complexity index is 601. The van der Waals surface area contributed by atoms with Crippen molar-refractivity contribution in [2.75, 3.05) is 24.3 Å². The first kappa shape index (κ1) is 30.1. The van der Waals surface area contributed by atoms with Crippen molar-refractivity contribution in [2.24, 2.45) is 11.8 Å². The minimum Gasteiger partial charge on any atom is -0.329 e. The minimum absolute atomic E-state index is 0.135. The van der Waals surface area contributed by atoms with Gasteiger partial charge in [0, 0.05) is 21.7 Å². The Kier molecular flexibility index (Phi) is 14.9. The first-order valence-electron chi connectivity index (χ1n) is 12.8. The Morgan fingerprint density at radius 1 is 1.09 bits per heavy atom. The van der Waals surface area contributed by atoms with Gasteiger partial charge in [-0.3, -0.25) is 0 Å². The fourth-order valence-corrected chi connectivity index (χ4v) is 7.68. The summed E-state index contributed by atoms with van der Waals surface area (Å²) in [6.45, 7) is 15.1. The standard InChI is InChI=1S/C27H49Cl2NOS/c1-8-21(6)18-25(29)27(24(28)9-2)26(31-32(10-3,11-4)12-5)20-23(30-7)19-22-16-14-13-15-17-22/h9,18,21-23,26,30H,2,8,10-17,19-20H2,1,3-7H3. The highest BCUT2D eigenvalue weighted by molar-refractivity contribution is 8.29. The molecule has 0 aromatic carbocycles. The van der Waals surface area contributed by atoms with Crippen molar-refractivity contribution in [3.63, 3.8) is 0 Å². The molecule has 0 spiro atoms. The van der Waals surface area contributed by atoms with Crippen LogP contribution in [0.4, 0.5) is 0 Å². The summed E-state index contributed by atoms with van der Waals surface area (Å²) >= 11 is 13.7. The van der Waals surface area contributed by atoms with Crippen molar-refractivity contribution in [2.45, 2.75) is 98.1 Å². The first-order chi connectivity index (χ1) is 15.3. The van der Waals surface area contributed by atoms with Crippen molar-refractivity contribution in [3.05, 3.63) is 34.4 Å². The van der Waals surface area contributed by atoms with E-state index in [2.05, 4.69) is 59.6 Å². The van der Waals surface area contributed by atoms with Crippen LogP contribution in [-0.2, 0) is 4.18 Å². The van der Waals surface area contributed by atoms with Gasteiger partial charge in [-0.05, 0) is 49.0 Å². The fraction of sp³-hybridized carbons (Fsp3) is 0.778. The van der Waals surface area contributed by atoms with E-state index in [1.807, 2.05) is 0 Å². The Morgan fingerprint density at radius 2 is 1.69 bits per heavy atom. The van der Waals surface area contributed by atoms with Crippen LogP contribution in [-0.4, -0.2) is 36.5 Å². The fourth-order valence-electron chi connectivity index (χ4n) is 4.67. The Hall–Kier alpha value is 0.0700. The summed E-state index contributed by atoms with van der Waals surface area (Å²) in [5.74, 6) is 4.34. The van der Waals surface area contributed by atoms with E-state index in [4.69, 9.17) is 27.4 Å². The maximum absolute atomic E-state index is 7.06. The van der Waals surface area contributed by atoms with E-state index in [-0.39, 0.29) is 6.10 Å². The smallest absolute Gasteiger partial charge is 0.0994 e. The maximum atomic E-state index is 7.06. The highest BCUT2D eigenvalue weighted by Gasteiger charge is 2.31. The third kappa shape index (κ3) is 9.37. The van der Waals surface area contributed by atoms with Gasteiger partial charge in [-0.2, -0.15) is 0 Å². The van der Waals surface area contributed by atoms with E-state index in [1.54, 1.807) is 6.08 Å². The molecule has 0 radical (unpaired) electrons. The number of hydrogen-bond acceptors (Lipinski definition) is 2. The molecule has 1 fully saturated rings. The number of hydrogen-bond donors (Lipinski definition) is 1. The summed E-state index contributed by atoms with van der Waals surface area (Å²) in [6.07, 6.45) is 13.6. The SMILES string of the molecule is C=CC(Cl)=C(C(Cl)=CC(C)CC)C(CC(CC1CCCCC1)NC)OS(CC)(CC)CC. The van der Waals surface area contributed by atoms with Gasteiger partial charge in [0.05, 0.1) is 6.10 Å². The molecule has 3 unspecified atom stereocenters. The minimum atomic E-state index is -1.19. The van der Waals surface area contributed by atoms with Crippen molar-refractivity contribution in [1.29, 1.82) is 0 Å². The second-order valence-electron chi connectivity index (χ2n) is 9.24. The second-order valence-corrected chi connectivity index (χ2v) is 13.9. The average Bonchev–Trinajstić information content (AvgIpc) is 2.82. The molecule has 0 heterocycles. The van der Waals surface area contributed by atoms with Crippen LogP contribution in [0.2, 0.25) is 0 Å². The molecule has 1 N–H and O–H groups in total. The van der Waals surface area contributed by atoms with Crippen LogP contribution in [0.5, 0.6) is 0 Å². The van der Waals surface area contributed by atoms with Gasteiger partial charge in [-0.1, -0.05) is 115 Å². The first-order valence-corrected chi connectivity index (χ1v) is 15.6. The predicted molar refractivity (Wildman–Crippen MR) is 149 cm³/mol. The highest BCUT2D eigenvalue weighted by atomic mass is 35.5. The number of nitrogens with one attached hydrogen (secondary N) is 1. The second kappa shape index (κ2) is 15.9. The summed E-state index contributed by atoms with van der Waals surface area (Å²) in [4.78, 5) is 0. The van der Waals surface area contributed by atoms with Crippen molar-refractivity contribution >= 4 is 33.5 Å². The van der Waals surface area contributed by atoms with E-state index in [9.17, 15) is 0 Å². The molecule has 0 amide bonds. The van der Waals surface area contributed by atoms with Crippen molar-refractivity contribution in [3.8, 4) is 0 Å². The molecule has 188 valence electrons. The lowest BCUT2D eigenvalue weighted by Crippen LogP contribution is -2.35. The molecule has 0 bridgehead atoms. The van der Waals surface area contributed by atoms with Gasteiger partial charge >= 0.3 is 0 Å². The van der Waals surface area contributed by atoms with Gasteiger partial charge in [0.15, 0.2) is 0 Å². The Balaban J connectivity index is 3.34. The lowest BCUT2D eigenvalue weighted by atomic mass is 9.83. The van der Waals surface area contributed by atoms with Gasteiger partial charge < -0.3 is 9.50 Å². The number of rotatable bonds is 15. The van der Waals surface area contributed by atoms with E-state index >= 15 is 0 Å². The summed E-state index contributed by atoms with van der Waals surface area (Å²) < 4.78 is 7.06. The Labute approximate surface area is 211 Å². The lowest BCUT2D eigenvalue weighted by Gasteiger charge is -2.42. The van der Waals surface area contributed by atoms with E-state index in [1.165, 1.54) is 38.5 Å². The predicted octanol–water partition coefficient (Wildman–Crippen LogP) is 8.95. The van der Waals surface area contributed by atoms with Crippen LogP contribution in [0.1, 0.15) is 86.0 Å². The zero-order valence-corrected chi connectivity index (χ0v) is 23.9. The number of allylic oxidation sites excluding steroid dienone is 3. The van der Waals surface area contributed by atoms with Crippen LogP contribution in [0.15, 0.2) is 34.4 Å². The summed E-state index contributed by atoms with van der Waals surface area (Å²) in [6, 6.07) is 0.378. The summed E-state index contributed by atoms with van der Waals surface area (Å²) in [5.41, 5.74) is 0.916. The summed E-state index contributed by atoms with van der Waals surface area (Å²) in [5, 5.41) is 4.93. The molecule has 0 aliphatic heterocycles. The zero-order valence-electron chi connectivity index (χ0n) is 21.5. The molecule has 0 aromatic rings. The molecule has 5 heteroatoms. The third-order valence-corrected chi connectivity index (χ3v) is 11.7. The molecule has 1 rings (SSSR count). The van der Waals surface area contributed by atoms with Crippen LogP contribution in [0.25, 0.3) is 0 Å². The van der Waals surface area contributed by atoms with Gasteiger partial charge in [0.1, 0.15) is 0 Å². The van der Waals surface area contributed by atoms with Crippen LogP contribution in [0, 0.1) is 11.8 Å². The quantitative estimate of drug-likeness (QED) is 0.224. The summed E-state index contributed by atoms with van der Waals surface area (Å²) in [7, 11) is 0.891. The van der Waals surface area contributed by atoms with Crippen LogP contribution in [0.3, 0.4) is 0 Å². The molecule has 1 aliphatic rings. The lowest BCUT2D eigenvalue weighted by molar-refractivity contribution is 0.215. The molecular weight excluding hydrogens is 457 g/mol. The molecule has 1 aliphatic carbocycles. The third-order valence-electron chi connectivity index (χ3n) is 7.24. The zero-order chi connectivity index (χ0) is 24.1. The van der Waals surface area contributed by atoms with Crippen molar-refractivity contribution < 1.29 is 4.18 Å². The number of halogens is 2. The van der Waals surface area contributed by atoms with Gasteiger partial charge in [0.25, 0.3) is 0 Å². The molecule has 0 saturated heterocycles. The molecular formula is C27H49Cl2NOS. The van der Waals surface area contributed by atoms with E-state index in [0.717, 1.165) is 46.6 Å². The topological polar surface area (TPSA) is 21.3 Å². The maximum Gasteiger partial charge on any atom is 0.0994 e. The van der Waals surface area contributed by atoms with Gasteiger partial charge in [0.2, 0.25) is 0 Å². The molecule has 0 aromatic heterocycles. The highest BCUT2D eigenvalue weighted by Crippen LogP contribution is 2.51. The normalized spacial score (nSPS) is 20.4. The molecule has 3 atom stereocenters. The van der Waals surface area contributed by atoms with Gasteiger partial charge in [-0.25, -0.2) is 0 Å². The molecule has 32 heavy (non-hydrogen) atoms. The van der Waals surface area contributed by atoms with Crippen LogP contribution >= 0.6 is 33.5 Å². The van der Waals surface area contributed by atoms with Crippen LogP contribution < -0.4 is 5.32 Å². The van der Waals surface area contributed by atoms with E-state index < -0.39 is 10.3 Å².